The molecule has 3 nitrogen and oxygen atoms in total. The molecular formula is C17H22N2O. The van der Waals surface area contributed by atoms with Gasteiger partial charge >= 0.3 is 0 Å². The Morgan fingerprint density at radius 1 is 1.15 bits per heavy atom. The second-order valence-electron chi connectivity index (χ2n) is 4.94. The van der Waals surface area contributed by atoms with Crippen molar-refractivity contribution in [1.29, 1.82) is 0 Å². The first kappa shape index (κ1) is 14.3. The maximum Gasteiger partial charge on any atom is 0.144 e. The van der Waals surface area contributed by atoms with E-state index in [4.69, 9.17) is 10.5 Å². The van der Waals surface area contributed by atoms with Gasteiger partial charge in [0.15, 0.2) is 0 Å². The SMILES string of the molecule is CCOc1cc(N(C)Cc2ccccc2C)ccc1N. The van der Waals surface area contributed by atoms with Crippen molar-refractivity contribution < 1.29 is 4.74 Å². The summed E-state index contributed by atoms with van der Waals surface area (Å²) in [7, 11) is 2.08. The molecule has 0 unspecified atom stereocenters. The average molecular weight is 270 g/mol. The molecule has 0 atom stereocenters. The van der Waals surface area contributed by atoms with Crippen molar-refractivity contribution in [2.75, 3.05) is 24.3 Å². The van der Waals surface area contributed by atoms with Crippen LogP contribution in [-0.2, 0) is 6.54 Å². The van der Waals surface area contributed by atoms with Gasteiger partial charge in [0.25, 0.3) is 0 Å². The van der Waals surface area contributed by atoms with Crippen molar-refractivity contribution >= 4 is 11.4 Å². The normalized spacial score (nSPS) is 10.3. The number of aryl methyl sites for hydroxylation is 1. The van der Waals surface area contributed by atoms with E-state index in [1.807, 2.05) is 25.1 Å². The number of nitrogen functional groups attached to an aromatic ring is 1. The molecule has 0 aliphatic heterocycles. The molecule has 0 amide bonds. The molecule has 106 valence electrons. The van der Waals surface area contributed by atoms with E-state index in [1.54, 1.807) is 0 Å². The quantitative estimate of drug-likeness (QED) is 0.843. The van der Waals surface area contributed by atoms with Crippen molar-refractivity contribution in [3.63, 3.8) is 0 Å². The minimum atomic E-state index is 0.620. The highest BCUT2D eigenvalue weighted by Gasteiger charge is 2.07. The van der Waals surface area contributed by atoms with Gasteiger partial charge in [0.2, 0.25) is 0 Å². The van der Waals surface area contributed by atoms with E-state index in [1.165, 1.54) is 11.1 Å². The van der Waals surface area contributed by atoms with Crippen LogP contribution in [-0.4, -0.2) is 13.7 Å². The highest BCUT2D eigenvalue weighted by molar-refractivity contribution is 5.62. The standard InChI is InChI=1S/C17H22N2O/c1-4-20-17-11-15(9-10-16(17)18)19(3)12-14-8-6-5-7-13(14)2/h5-11H,4,12,18H2,1-3H3. The number of nitrogens with two attached hydrogens (primary N) is 1. The van der Waals surface area contributed by atoms with Crippen molar-refractivity contribution in [2.24, 2.45) is 0 Å². The molecule has 0 aromatic heterocycles. The van der Waals surface area contributed by atoms with Gasteiger partial charge in [0.05, 0.1) is 12.3 Å². The largest absolute Gasteiger partial charge is 0.492 e. The first-order valence-corrected chi connectivity index (χ1v) is 6.89. The number of hydrogen-bond acceptors (Lipinski definition) is 3. The van der Waals surface area contributed by atoms with Crippen LogP contribution in [0.3, 0.4) is 0 Å². The Morgan fingerprint density at radius 2 is 1.90 bits per heavy atom. The number of anilines is 2. The van der Waals surface area contributed by atoms with E-state index in [0.29, 0.717) is 12.3 Å². The zero-order valence-corrected chi connectivity index (χ0v) is 12.4. The van der Waals surface area contributed by atoms with Gasteiger partial charge in [-0.05, 0) is 37.1 Å². The van der Waals surface area contributed by atoms with E-state index < -0.39 is 0 Å². The van der Waals surface area contributed by atoms with Gasteiger partial charge < -0.3 is 15.4 Å². The molecule has 0 fully saturated rings. The maximum atomic E-state index is 5.91. The van der Waals surface area contributed by atoms with Gasteiger partial charge in [0, 0.05) is 25.3 Å². The monoisotopic (exact) mass is 270 g/mol. The minimum Gasteiger partial charge on any atom is -0.492 e. The summed E-state index contributed by atoms with van der Waals surface area (Å²) in [6.45, 7) is 5.58. The summed E-state index contributed by atoms with van der Waals surface area (Å²) in [5.74, 6) is 0.752. The fraction of sp³-hybridized carbons (Fsp3) is 0.294. The van der Waals surface area contributed by atoms with E-state index >= 15 is 0 Å². The second-order valence-corrected chi connectivity index (χ2v) is 4.94. The van der Waals surface area contributed by atoms with E-state index in [9.17, 15) is 0 Å². The first-order chi connectivity index (χ1) is 9.61. The highest BCUT2D eigenvalue weighted by Crippen LogP contribution is 2.28. The van der Waals surface area contributed by atoms with Gasteiger partial charge in [-0.25, -0.2) is 0 Å². The topological polar surface area (TPSA) is 38.5 Å². The number of hydrogen-bond donors (Lipinski definition) is 1. The van der Waals surface area contributed by atoms with Gasteiger partial charge in [-0.3, -0.25) is 0 Å². The Labute approximate surface area is 121 Å². The fourth-order valence-corrected chi connectivity index (χ4v) is 2.18. The number of rotatable bonds is 5. The lowest BCUT2D eigenvalue weighted by molar-refractivity contribution is 0.342. The number of ether oxygens (including phenoxy) is 1. The lowest BCUT2D eigenvalue weighted by Crippen LogP contribution is -2.17. The fourth-order valence-electron chi connectivity index (χ4n) is 2.18. The lowest BCUT2D eigenvalue weighted by atomic mass is 10.1. The second kappa shape index (κ2) is 6.33. The third kappa shape index (κ3) is 3.23. The van der Waals surface area contributed by atoms with Crippen molar-refractivity contribution in [3.8, 4) is 5.75 Å². The summed E-state index contributed by atoms with van der Waals surface area (Å²) in [6, 6.07) is 14.4. The molecule has 2 N–H and O–H groups in total. The van der Waals surface area contributed by atoms with Crippen LogP contribution in [0.1, 0.15) is 18.1 Å². The zero-order chi connectivity index (χ0) is 14.5. The summed E-state index contributed by atoms with van der Waals surface area (Å²) >= 11 is 0. The van der Waals surface area contributed by atoms with Crippen molar-refractivity contribution in [2.45, 2.75) is 20.4 Å². The smallest absolute Gasteiger partial charge is 0.144 e. The Kier molecular flexibility index (Phi) is 4.51. The van der Waals surface area contributed by atoms with E-state index in [-0.39, 0.29) is 0 Å². The van der Waals surface area contributed by atoms with Crippen LogP contribution in [0.25, 0.3) is 0 Å². The van der Waals surface area contributed by atoms with Crippen LogP contribution in [0.5, 0.6) is 5.75 Å². The van der Waals surface area contributed by atoms with Crippen LogP contribution in [0.4, 0.5) is 11.4 Å². The summed E-state index contributed by atoms with van der Waals surface area (Å²) in [5.41, 5.74) is 10.3. The maximum absolute atomic E-state index is 5.91. The van der Waals surface area contributed by atoms with Gasteiger partial charge in [0.1, 0.15) is 5.75 Å². The highest BCUT2D eigenvalue weighted by atomic mass is 16.5. The van der Waals surface area contributed by atoms with Crippen LogP contribution < -0.4 is 15.4 Å². The Morgan fingerprint density at radius 3 is 2.60 bits per heavy atom. The van der Waals surface area contributed by atoms with Crippen LogP contribution in [0, 0.1) is 6.92 Å². The Hall–Kier alpha value is -2.16. The molecule has 20 heavy (non-hydrogen) atoms. The number of nitrogens with zero attached hydrogens (tertiary/aromatic N) is 1. The molecular weight excluding hydrogens is 248 g/mol. The molecule has 3 heteroatoms. The Bertz CT molecular complexity index is 581. The van der Waals surface area contributed by atoms with Crippen molar-refractivity contribution in [3.05, 3.63) is 53.6 Å². The third-order valence-corrected chi connectivity index (χ3v) is 3.41. The van der Waals surface area contributed by atoms with Crippen LogP contribution in [0.2, 0.25) is 0 Å². The molecule has 0 spiro atoms. The molecule has 0 radical (unpaired) electrons. The van der Waals surface area contributed by atoms with E-state index in [2.05, 4.69) is 43.1 Å². The summed E-state index contributed by atoms with van der Waals surface area (Å²) in [5, 5.41) is 0. The van der Waals surface area contributed by atoms with E-state index in [0.717, 1.165) is 18.0 Å². The molecule has 2 rings (SSSR count). The summed E-state index contributed by atoms with van der Waals surface area (Å²) in [6.07, 6.45) is 0. The molecule has 0 aliphatic carbocycles. The first-order valence-electron chi connectivity index (χ1n) is 6.89. The van der Waals surface area contributed by atoms with Gasteiger partial charge in [-0.2, -0.15) is 0 Å². The predicted molar refractivity (Wildman–Crippen MR) is 85.3 cm³/mol. The van der Waals surface area contributed by atoms with Gasteiger partial charge in [-0.1, -0.05) is 24.3 Å². The van der Waals surface area contributed by atoms with Gasteiger partial charge in [-0.15, -0.1) is 0 Å². The predicted octanol–water partition coefficient (Wildman–Crippen LogP) is 3.61. The van der Waals surface area contributed by atoms with Crippen LogP contribution >= 0.6 is 0 Å². The molecule has 0 bridgehead atoms. The number of benzene rings is 2. The summed E-state index contributed by atoms with van der Waals surface area (Å²) < 4.78 is 5.55. The molecule has 0 saturated carbocycles. The third-order valence-electron chi connectivity index (χ3n) is 3.41. The molecule has 0 heterocycles. The average Bonchev–Trinajstić information content (AvgIpc) is 2.44. The zero-order valence-electron chi connectivity index (χ0n) is 12.4. The Balaban J connectivity index is 2.19. The minimum absolute atomic E-state index is 0.620. The van der Waals surface area contributed by atoms with Crippen molar-refractivity contribution in [1.82, 2.24) is 0 Å². The molecule has 0 aliphatic rings. The molecule has 2 aromatic carbocycles. The lowest BCUT2D eigenvalue weighted by Gasteiger charge is -2.21. The molecule has 2 aromatic rings. The van der Waals surface area contributed by atoms with Crippen LogP contribution in [0.15, 0.2) is 42.5 Å². The molecule has 0 saturated heterocycles. The summed E-state index contributed by atoms with van der Waals surface area (Å²) in [4.78, 5) is 2.20.